The Kier molecular flexibility index (Phi) is 4.09. The van der Waals surface area contributed by atoms with Crippen LogP contribution >= 0.6 is 11.5 Å². The minimum Gasteiger partial charge on any atom is -0.497 e. The molecule has 0 aliphatic heterocycles. The zero-order chi connectivity index (χ0) is 16.4. The first kappa shape index (κ1) is 15.6. The first-order chi connectivity index (χ1) is 11.0. The van der Waals surface area contributed by atoms with Crippen molar-refractivity contribution in [2.24, 2.45) is 0 Å². The van der Waals surface area contributed by atoms with E-state index >= 15 is 0 Å². The Morgan fingerprint density at radius 2 is 1.52 bits per heavy atom. The molecule has 0 fully saturated rings. The molecule has 3 rings (SSSR count). The molecule has 1 heterocycles. The summed E-state index contributed by atoms with van der Waals surface area (Å²) in [4.78, 5) is 0.824. The molecule has 0 N–H and O–H groups in total. The molecule has 3 aromatic rings. The number of nitrogens with zero attached hydrogens (tertiary/aromatic N) is 1. The average Bonchev–Trinajstić information content (AvgIpc) is 3.04. The fourth-order valence-corrected chi connectivity index (χ4v) is 2.89. The van der Waals surface area contributed by atoms with E-state index in [1.165, 1.54) is 23.7 Å². The monoisotopic (exact) mass is 335 g/mol. The lowest BCUT2D eigenvalue weighted by atomic mass is 10.1. The van der Waals surface area contributed by atoms with Crippen molar-refractivity contribution in [2.75, 3.05) is 7.11 Å². The zero-order valence-electron chi connectivity index (χ0n) is 12.1. The standard InChI is InChI=1S/C17H12F3NOS/c1-22-14-8-4-11(5-9-14)15-10-16(23-21-15)12-2-6-13(7-3-12)17(18,19)20/h2-10H,1H3. The SMILES string of the molecule is COc1ccc(-c2cc(-c3ccc(C(F)(F)F)cc3)sn2)cc1. The smallest absolute Gasteiger partial charge is 0.416 e. The van der Waals surface area contributed by atoms with Gasteiger partial charge in [-0.05, 0) is 59.6 Å². The summed E-state index contributed by atoms with van der Waals surface area (Å²) in [6.45, 7) is 0. The quantitative estimate of drug-likeness (QED) is 0.630. The van der Waals surface area contributed by atoms with E-state index in [0.717, 1.165) is 39.6 Å². The molecule has 0 unspecified atom stereocenters. The van der Waals surface area contributed by atoms with E-state index in [9.17, 15) is 13.2 Å². The topological polar surface area (TPSA) is 22.1 Å². The van der Waals surface area contributed by atoms with Gasteiger partial charge in [-0.15, -0.1) is 0 Å². The number of alkyl halides is 3. The van der Waals surface area contributed by atoms with Gasteiger partial charge >= 0.3 is 6.18 Å². The van der Waals surface area contributed by atoms with Gasteiger partial charge in [0.2, 0.25) is 0 Å². The number of hydrogen-bond donors (Lipinski definition) is 0. The van der Waals surface area contributed by atoms with Crippen LogP contribution < -0.4 is 4.74 Å². The highest BCUT2D eigenvalue weighted by Crippen LogP contribution is 2.33. The molecule has 23 heavy (non-hydrogen) atoms. The Hall–Kier alpha value is -2.34. The van der Waals surface area contributed by atoms with Crippen LogP contribution in [0.4, 0.5) is 13.2 Å². The van der Waals surface area contributed by atoms with E-state index in [2.05, 4.69) is 4.37 Å². The largest absolute Gasteiger partial charge is 0.497 e. The van der Waals surface area contributed by atoms with Crippen molar-refractivity contribution in [2.45, 2.75) is 6.18 Å². The van der Waals surface area contributed by atoms with Crippen LogP contribution in [-0.4, -0.2) is 11.5 Å². The van der Waals surface area contributed by atoms with Gasteiger partial charge in [-0.25, -0.2) is 0 Å². The normalized spacial score (nSPS) is 11.5. The maximum atomic E-state index is 12.6. The lowest BCUT2D eigenvalue weighted by Crippen LogP contribution is -2.03. The number of halogens is 3. The highest BCUT2D eigenvalue weighted by Gasteiger charge is 2.30. The highest BCUT2D eigenvalue weighted by molar-refractivity contribution is 7.09. The van der Waals surface area contributed by atoms with Crippen LogP contribution in [0.3, 0.4) is 0 Å². The Balaban J connectivity index is 1.86. The van der Waals surface area contributed by atoms with Gasteiger partial charge in [0.15, 0.2) is 0 Å². The second kappa shape index (κ2) is 6.04. The predicted molar refractivity (Wildman–Crippen MR) is 84.5 cm³/mol. The Bertz CT molecular complexity index is 792. The number of methoxy groups -OCH3 is 1. The molecule has 0 atom stereocenters. The van der Waals surface area contributed by atoms with E-state index in [0.29, 0.717) is 0 Å². The molecule has 0 bridgehead atoms. The molecule has 6 heteroatoms. The minimum atomic E-state index is -4.32. The van der Waals surface area contributed by atoms with E-state index < -0.39 is 11.7 Å². The third-order valence-electron chi connectivity index (χ3n) is 3.39. The second-order valence-electron chi connectivity index (χ2n) is 4.88. The summed E-state index contributed by atoms with van der Waals surface area (Å²) < 4.78 is 47.2. The van der Waals surface area contributed by atoms with Crippen molar-refractivity contribution < 1.29 is 17.9 Å². The van der Waals surface area contributed by atoms with Crippen LogP contribution in [0, 0.1) is 0 Å². The number of aromatic nitrogens is 1. The molecule has 118 valence electrons. The number of benzene rings is 2. The lowest BCUT2D eigenvalue weighted by molar-refractivity contribution is -0.137. The molecule has 2 aromatic carbocycles. The Labute approximate surface area is 135 Å². The van der Waals surface area contributed by atoms with Crippen LogP contribution in [0.2, 0.25) is 0 Å². The molecule has 0 saturated carbocycles. The molecule has 0 aliphatic carbocycles. The Morgan fingerprint density at radius 3 is 2.09 bits per heavy atom. The van der Waals surface area contributed by atoms with Gasteiger partial charge in [0.1, 0.15) is 5.75 Å². The van der Waals surface area contributed by atoms with Gasteiger partial charge in [-0.3, -0.25) is 0 Å². The molecule has 0 saturated heterocycles. The number of rotatable bonds is 3. The minimum absolute atomic E-state index is 0.652. The summed E-state index contributed by atoms with van der Waals surface area (Å²) in [6, 6.07) is 14.4. The number of hydrogen-bond acceptors (Lipinski definition) is 3. The van der Waals surface area contributed by atoms with Gasteiger partial charge in [-0.2, -0.15) is 17.5 Å². The van der Waals surface area contributed by atoms with Crippen molar-refractivity contribution in [1.29, 1.82) is 0 Å². The summed E-state index contributed by atoms with van der Waals surface area (Å²) in [6.07, 6.45) is -4.32. The lowest BCUT2D eigenvalue weighted by Gasteiger charge is -2.06. The maximum Gasteiger partial charge on any atom is 0.416 e. The molecular weight excluding hydrogens is 323 g/mol. The van der Waals surface area contributed by atoms with E-state index in [4.69, 9.17) is 4.74 Å². The van der Waals surface area contributed by atoms with Crippen LogP contribution in [0.25, 0.3) is 21.7 Å². The third-order valence-corrected chi connectivity index (χ3v) is 4.23. The fourth-order valence-electron chi connectivity index (χ4n) is 2.13. The molecule has 0 amide bonds. The van der Waals surface area contributed by atoms with E-state index in [1.54, 1.807) is 7.11 Å². The van der Waals surface area contributed by atoms with Crippen LogP contribution in [0.1, 0.15) is 5.56 Å². The van der Waals surface area contributed by atoms with Gasteiger partial charge in [0, 0.05) is 5.56 Å². The van der Waals surface area contributed by atoms with Crippen molar-refractivity contribution in [3.63, 3.8) is 0 Å². The van der Waals surface area contributed by atoms with Crippen molar-refractivity contribution in [1.82, 2.24) is 4.37 Å². The molecule has 2 nitrogen and oxygen atoms in total. The third kappa shape index (κ3) is 3.37. The second-order valence-corrected chi connectivity index (χ2v) is 5.68. The molecular formula is C17H12F3NOS. The molecule has 0 spiro atoms. The highest BCUT2D eigenvalue weighted by atomic mass is 32.1. The summed E-state index contributed by atoms with van der Waals surface area (Å²) in [5.41, 5.74) is 1.78. The van der Waals surface area contributed by atoms with Crippen molar-refractivity contribution in [3.8, 4) is 27.4 Å². The van der Waals surface area contributed by atoms with Gasteiger partial charge in [0.05, 0.1) is 23.2 Å². The first-order valence-electron chi connectivity index (χ1n) is 6.76. The molecule has 1 aromatic heterocycles. The fraction of sp³-hybridized carbons (Fsp3) is 0.118. The number of ether oxygens (including phenoxy) is 1. The zero-order valence-corrected chi connectivity index (χ0v) is 12.9. The van der Waals surface area contributed by atoms with E-state index in [-0.39, 0.29) is 0 Å². The van der Waals surface area contributed by atoms with Crippen LogP contribution in [0.5, 0.6) is 5.75 Å². The van der Waals surface area contributed by atoms with Crippen molar-refractivity contribution in [3.05, 3.63) is 60.2 Å². The van der Waals surface area contributed by atoms with Gasteiger partial charge in [-0.1, -0.05) is 12.1 Å². The maximum absolute atomic E-state index is 12.6. The summed E-state index contributed by atoms with van der Waals surface area (Å²) in [7, 11) is 1.60. The van der Waals surface area contributed by atoms with E-state index in [1.807, 2.05) is 30.3 Å². The van der Waals surface area contributed by atoms with Crippen LogP contribution in [0.15, 0.2) is 54.6 Å². The van der Waals surface area contributed by atoms with Gasteiger partial charge in [0.25, 0.3) is 0 Å². The van der Waals surface area contributed by atoms with Crippen molar-refractivity contribution >= 4 is 11.5 Å². The average molecular weight is 335 g/mol. The summed E-state index contributed by atoms with van der Waals surface area (Å²) >= 11 is 1.26. The predicted octanol–water partition coefficient (Wildman–Crippen LogP) is 5.50. The molecule has 0 aliphatic rings. The Morgan fingerprint density at radius 1 is 0.913 bits per heavy atom. The summed E-state index contributed by atoms with van der Waals surface area (Å²) in [5.74, 6) is 0.756. The summed E-state index contributed by atoms with van der Waals surface area (Å²) in [5, 5.41) is 0. The first-order valence-corrected chi connectivity index (χ1v) is 7.53. The van der Waals surface area contributed by atoms with Gasteiger partial charge < -0.3 is 4.74 Å². The molecule has 0 radical (unpaired) electrons. The van der Waals surface area contributed by atoms with Crippen LogP contribution in [-0.2, 0) is 6.18 Å².